The van der Waals surface area contributed by atoms with Crippen molar-refractivity contribution in [1.82, 2.24) is 20.1 Å². The molecule has 1 saturated heterocycles. The Hall–Kier alpha value is -0.200. The van der Waals surface area contributed by atoms with Gasteiger partial charge in [-0.3, -0.25) is 0 Å². The lowest BCUT2D eigenvalue weighted by Gasteiger charge is -2.21. The monoisotopic (exact) mass is 272 g/mol. The summed E-state index contributed by atoms with van der Waals surface area (Å²) in [4.78, 5) is 4.35. The van der Waals surface area contributed by atoms with Crippen molar-refractivity contribution in [2.24, 2.45) is 0 Å². The molecule has 0 amide bonds. The van der Waals surface area contributed by atoms with E-state index in [1.807, 2.05) is 28.2 Å². The fraction of sp³-hybridized carbons (Fsp3) is 0.818. The molecule has 1 aliphatic heterocycles. The summed E-state index contributed by atoms with van der Waals surface area (Å²) in [6.45, 7) is 5.16. The molecule has 1 aliphatic rings. The van der Waals surface area contributed by atoms with Gasteiger partial charge in [-0.15, -0.1) is 0 Å². The summed E-state index contributed by atoms with van der Waals surface area (Å²) in [5.41, 5.74) is 0. The maximum atomic E-state index is 4.35. The summed E-state index contributed by atoms with van der Waals surface area (Å²) < 4.78 is 1.97. The Morgan fingerprint density at radius 1 is 1.47 bits per heavy atom. The first kappa shape index (κ1) is 13.2. The van der Waals surface area contributed by atoms with E-state index in [1.165, 1.54) is 23.0 Å². The van der Waals surface area contributed by atoms with E-state index in [9.17, 15) is 0 Å². The molecule has 0 aromatic carbocycles. The van der Waals surface area contributed by atoms with E-state index in [2.05, 4.69) is 29.2 Å². The molecule has 96 valence electrons. The quantitative estimate of drug-likeness (QED) is 0.905. The molecule has 0 bridgehead atoms. The lowest BCUT2D eigenvalue weighted by atomic mass is 10.2. The van der Waals surface area contributed by atoms with E-state index < -0.39 is 0 Å². The van der Waals surface area contributed by atoms with Crippen LogP contribution in [0.4, 0.5) is 0 Å². The molecule has 4 nitrogen and oxygen atoms in total. The topological polar surface area (TPSA) is 42.7 Å². The number of aromatic nitrogens is 3. The second-order valence-corrected chi connectivity index (χ2v) is 6.47. The molecule has 1 aromatic rings. The van der Waals surface area contributed by atoms with E-state index in [-0.39, 0.29) is 6.04 Å². The molecule has 1 atom stereocenters. The molecule has 0 aliphatic carbocycles. The largest absolute Gasteiger partial charge is 0.303 e. The van der Waals surface area contributed by atoms with Crippen molar-refractivity contribution < 1.29 is 0 Å². The second kappa shape index (κ2) is 6.66. The van der Waals surface area contributed by atoms with Crippen LogP contribution in [-0.4, -0.2) is 43.8 Å². The van der Waals surface area contributed by atoms with Gasteiger partial charge in [-0.2, -0.15) is 28.6 Å². The van der Waals surface area contributed by atoms with Crippen LogP contribution < -0.4 is 5.32 Å². The minimum atomic E-state index is 0.279. The molecule has 2 heterocycles. The van der Waals surface area contributed by atoms with Crippen LogP contribution in [0, 0.1) is 0 Å². The summed E-state index contributed by atoms with van der Waals surface area (Å²) in [5.74, 6) is 6.02. The van der Waals surface area contributed by atoms with E-state index in [1.54, 1.807) is 6.33 Å². The highest BCUT2D eigenvalue weighted by Crippen LogP contribution is 2.19. The Morgan fingerprint density at radius 3 is 2.82 bits per heavy atom. The van der Waals surface area contributed by atoms with Crippen molar-refractivity contribution in [3.8, 4) is 0 Å². The summed E-state index contributed by atoms with van der Waals surface area (Å²) >= 11 is 4.09. The smallest absolute Gasteiger partial charge is 0.143 e. The number of rotatable bonds is 4. The van der Waals surface area contributed by atoms with Crippen LogP contribution in [-0.2, 0) is 6.54 Å². The molecule has 0 saturated carbocycles. The lowest BCUT2D eigenvalue weighted by Crippen LogP contribution is -2.36. The highest BCUT2D eigenvalue weighted by atomic mass is 32.2. The molecular formula is C11H20N4S2. The van der Waals surface area contributed by atoms with Gasteiger partial charge in [0.05, 0.1) is 6.04 Å². The number of nitrogens with zero attached hydrogens (tertiary/aromatic N) is 3. The first-order valence-corrected chi connectivity index (χ1v) is 8.41. The zero-order valence-electron chi connectivity index (χ0n) is 10.4. The van der Waals surface area contributed by atoms with Crippen molar-refractivity contribution in [3.63, 3.8) is 0 Å². The van der Waals surface area contributed by atoms with Gasteiger partial charge in [0.15, 0.2) is 0 Å². The zero-order chi connectivity index (χ0) is 12.1. The lowest BCUT2D eigenvalue weighted by molar-refractivity contribution is 0.465. The standard InChI is InChI=1S/C11H20N4S2/c1-3-15-11(12-8-13-15)9(2)14-10-6-16-4-5-17-7-10/h8-10,14H,3-7H2,1-2H3/t9-/m1/s1. The van der Waals surface area contributed by atoms with Gasteiger partial charge in [-0.05, 0) is 13.8 Å². The van der Waals surface area contributed by atoms with Crippen LogP contribution in [0.25, 0.3) is 0 Å². The number of thioether (sulfide) groups is 2. The Bertz CT molecular complexity index is 334. The van der Waals surface area contributed by atoms with E-state index >= 15 is 0 Å². The van der Waals surface area contributed by atoms with Gasteiger partial charge in [0, 0.05) is 35.6 Å². The van der Waals surface area contributed by atoms with Gasteiger partial charge in [0.2, 0.25) is 0 Å². The maximum Gasteiger partial charge on any atom is 0.143 e. The molecule has 0 unspecified atom stereocenters. The average molecular weight is 272 g/mol. The summed E-state index contributed by atoms with van der Waals surface area (Å²) in [5, 5.41) is 7.89. The summed E-state index contributed by atoms with van der Waals surface area (Å²) in [6, 6.07) is 0.867. The fourth-order valence-corrected chi connectivity index (χ4v) is 4.42. The van der Waals surface area contributed by atoms with Gasteiger partial charge in [0.25, 0.3) is 0 Å². The van der Waals surface area contributed by atoms with Crippen LogP contribution in [0.2, 0.25) is 0 Å². The third-order valence-corrected chi connectivity index (χ3v) is 5.35. The third kappa shape index (κ3) is 3.63. The molecule has 1 aromatic heterocycles. The van der Waals surface area contributed by atoms with Gasteiger partial charge in [-0.1, -0.05) is 0 Å². The van der Waals surface area contributed by atoms with Crippen LogP contribution in [0.1, 0.15) is 25.7 Å². The van der Waals surface area contributed by atoms with Crippen molar-refractivity contribution >= 4 is 23.5 Å². The number of nitrogens with one attached hydrogen (secondary N) is 1. The van der Waals surface area contributed by atoms with Gasteiger partial charge < -0.3 is 5.32 Å². The van der Waals surface area contributed by atoms with Crippen LogP contribution in [0.15, 0.2) is 6.33 Å². The molecule has 17 heavy (non-hydrogen) atoms. The van der Waals surface area contributed by atoms with E-state index in [0.717, 1.165) is 12.4 Å². The maximum absolute atomic E-state index is 4.35. The first-order chi connectivity index (χ1) is 8.31. The Morgan fingerprint density at radius 2 is 2.18 bits per heavy atom. The Balaban J connectivity index is 1.93. The molecular weight excluding hydrogens is 252 g/mol. The first-order valence-electron chi connectivity index (χ1n) is 6.10. The predicted molar refractivity (Wildman–Crippen MR) is 75.7 cm³/mol. The Labute approximate surface area is 111 Å². The number of aryl methyl sites for hydroxylation is 1. The average Bonchev–Trinajstić information content (AvgIpc) is 2.68. The highest BCUT2D eigenvalue weighted by Gasteiger charge is 2.18. The third-order valence-electron chi connectivity index (χ3n) is 2.83. The number of hydrogen-bond donors (Lipinski definition) is 1. The SMILES string of the molecule is CCn1ncnc1[C@@H](C)NC1CSCCSC1. The van der Waals surface area contributed by atoms with Crippen LogP contribution in [0.5, 0.6) is 0 Å². The zero-order valence-corrected chi connectivity index (χ0v) is 12.1. The molecule has 2 rings (SSSR count). The van der Waals surface area contributed by atoms with Crippen molar-refractivity contribution in [2.45, 2.75) is 32.5 Å². The highest BCUT2D eigenvalue weighted by molar-refractivity contribution is 8.03. The van der Waals surface area contributed by atoms with Gasteiger partial charge in [-0.25, -0.2) is 9.67 Å². The molecule has 0 spiro atoms. The molecule has 1 fully saturated rings. The van der Waals surface area contributed by atoms with Gasteiger partial charge >= 0.3 is 0 Å². The van der Waals surface area contributed by atoms with Crippen LogP contribution in [0.3, 0.4) is 0 Å². The van der Waals surface area contributed by atoms with Gasteiger partial charge in [0.1, 0.15) is 12.2 Å². The van der Waals surface area contributed by atoms with Crippen molar-refractivity contribution in [3.05, 3.63) is 12.2 Å². The van der Waals surface area contributed by atoms with E-state index in [4.69, 9.17) is 0 Å². The molecule has 6 heteroatoms. The second-order valence-electron chi connectivity index (χ2n) is 4.17. The summed E-state index contributed by atoms with van der Waals surface area (Å²) in [6.07, 6.45) is 1.65. The van der Waals surface area contributed by atoms with Crippen molar-refractivity contribution in [2.75, 3.05) is 23.0 Å². The minimum absolute atomic E-state index is 0.279. The molecule has 1 N–H and O–H groups in total. The normalized spacial score (nSPS) is 20.1. The predicted octanol–water partition coefficient (Wildman–Crippen LogP) is 1.80. The van der Waals surface area contributed by atoms with Crippen molar-refractivity contribution in [1.29, 1.82) is 0 Å². The minimum Gasteiger partial charge on any atom is -0.303 e. The Kier molecular flexibility index (Phi) is 5.18. The van der Waals surface area contributed by atoms with Crippen LogP contribution >= 0.6 is 23.5 Å². The van der Waals surface area contributed by atoms with E-state index in [0.29, 0.717) is 6.04 Å². The summed E-state index contributed by atoms with van der Waals surface area (Å²) in [7, 11) is 0. The molecule has 0 radical (unpaired) electrons. The number of hydrogen-bond acceptors (Lipinski definition) is 5. The fourth-order valence-electron chi connectivity index (χ4n) is 1.99.